The Labute approximate surface area is 131 Å². The van der Waals surface area contributed by atoms with Gasteiger partial charge in [-0.2, -0.15) is 12.4 Å². The Morgan fingerprint density at radius 1 is 0.706 bits per heavy atom. The molecule has 2 aliphatic heterocycles. The number of benzene rings is 1. The topological polar surface area (TPSA) is 28.2 Å². The summed E-state index contributed by atoms with van der Waals surface area (Å²) in [5.74, 6) is 0. The van der Waals surface area contributed by atoms with Gasteiger partial charge in [0.05, 0.1) is 0 Å². The molecule has 0 fully saturated rings. The minimum Gasteiger partial charge on any atom is -1.00 e. The van der Waals surface area contributed by atoms with Crippen LogP contribution in [-0.2, 0) is 16.5 Å². The molecule has 0 saturated heterocycles. The Bertz CT molecular complexity index is 514. The van der Waals surface area contributed by atoms with Crippen LogP contribution in [0.25, 0.3) is 22.8 Å². The van der Waals surface area contributed by atoms with Gasteiger partial charge < -0.3 is 44.6 Å². The van der Waals surface area contributed by atoms with Crippen LogP contribution in [0.5, 0.6) is 0 Å². The molecule has 0 N–H and O–H groups in total. The van der Waals surface area contributed by atoms with E-state index in [4.69, 9.17) is 0 Å². The first-order valence-corrected chi connectivity index (χ1v) is 4.53. The average molecular weight is 399 g/mol. The Kier molecular flexibility index (Phi) is 6.84. The molecule has 0 aromatic heterocycles. The predicted molar refractivity (Wildman–Crippen MR) is 58.9 cm³/mol. The maximum atomic E-state index is 4.35. The molecule has 5 heteroatoms. The van der Waals surface area contributed by atoms with Crippen molar-refractivity contribution in [1.29, 1.82) is 0 Å². The molecular formula is C12H8Br2N2Ni-4. The number of rotatable bonds is 0. The number of allylic oxidation sites excluding steroid dienone is 2. The molecule has 0 aliphatic carbocycles. The third kappa shape index (κ3) is 3.03. The Hall–Kier alpha value is -0.506. The maximum Gasteiger partial charge on any atom is 0 e. The van der Waals surface area contributed by atoms with E-state index in [0.29, 0.717) is 0 Å². The van der Waals surface area contributed by atoms with Crippen molar-refractivity contribution in [2.45, 2.75) is 0 Å². The molecule has 17 heavy (non-hydrogen) atoms. The van der Waals surface area contributed by atoms with Gasteiger partial charge in [0.2, 0.25) is 0 Å². The zero-order valence-electron chi connectivity index (χ0n) is 8.59. The summed E-state index contributed by atoms with van der Waals surface area (Å²) in [6.45, 7) is 0. The van der Waals surface area contributed by atoms with Crippen LogP contribution in [0, 0.1) is 0 Å². The summed E-state index contributed by atoms with van der Waals surface area (Å²) in [7, 11) is 0. The summed E-state index contributed by atoms with van der Waals surface area (Å²) in [5, 5.41) is 11.0. The van der Waals surface area contributed by atoms with Gasteiger partial charge in [-0.05, 0) is 10.4 Å². The molecule has 0 atom stereocenters. The normalized spacial score (nSPS) is 12.7. The van der Waals surface area contributed by atoms with E-state index in [1.165, 1.54) is 0 Å². The van der Waals surface area contributed by atoms with Gasteiger partial charge >= 0.3 is 0 Å². The minimum atomic E-state index is 0. The zero-order chi connectivity index (χ0) is 9.38. The Morgan fingerprint density at radius 3 is 1.53 bits per heavy atom. The average Bonchev–Trinajstić information content (AvgIpc) is 2.29. The van der Waals surface area contributed by atoms with Crippen LogP contribution in [0.15, 0.2) is 36.7 Å². The van der Waals surface area contributed by atoms with Crippen molar-refractivity contribution < 1.29 is 50.5 Å². The number of nitrogens with zero attached hydrogens (tertiary/aromatic N) is 2. The molecule has 0 spiro atoms. The Balaban J connectivity index is 0.000000853. The van der Waals surface area contributed by atoms with Crippen LogP contribution < -0.4 is 44.4 Å². The van der Waals surface area contributed by atoms with Crippen LogP contribution in [0.1, 0.15) is 0 Å². The molecule has 2 heterocycles. The molecule has 2 nitrogen and oxygen atoms in total. The smallest absolute Gasteiger partial charge is 0 e. The largest absolute Gasteiger partial charge is 1.00 e. The molecule has 0 saturated carbocycles. The van der Waals surface area contributed by atoms with Gasteiger partial charge in [-0.25, -0.2) is 0 Å². The molecule has 0 unspecified atom stereocenters. The van der Waals surface area contributed by atoms with Crippen LogP contribution >= 0.6 is 0 Å². The minimum absolute atomic E-state index is 0. The van der Waals surface area contributed by atoms with Crippen molar-refractivity contribution in [1.82, 2.24) is 0 Å². The van der Waals surface area contributed by atoms with Crippen molar-refractivity contribution in [3.05, 3.63) is 57.8 Å². The van der Waals surface area contributed by atoms with Crippen molar-refractivity contribution in [3.63, 3.8) is 0 Å². The SMILES string of the molecule is C1=C[N-]c2c3c(ccc2=C1)=CC=C[N-]3.[Br-].[Br-].[Ni]. The number of hydrogen-bond acceptors (Lipinski definition) is 0. The third-order valence-electron chi connectivity index (χ3n) is 2.34. The molecule has 0 radical (unpaired) electrons. The summed E-state index contributed by atoms with van der Waals surface area (Å²) in [4.78, 5) is 0. The van der Waals surface area contributed by atoms with Gasteiger partial charge in [0.15, 0.2) is 0 Å². The maximum absolute atomic E-state index is 4.35. The van der Waals surface area contributed by atoms with Crippen molar-refractivity contribution >= 4 is 23.5 Å². The second-order valence-corrected chi connectivity index (χ2v) is 3.22. The fourth-order valence-corrected chi connectivity index (χ4v) is 1.68. The molecule has 1 aromatic rings. The third-order valence-corrected chi connectivity index (χ3v) is 2.34. The second-order valence-electron chi connectivity index (χ2n) is 3.22. The standard InChI is InChI=1S/C12H8N2.2BrH.Ni/c1-3-9-5-6-10-4-2-8-14-12(10)11(9)13-7-1;;;/h1-8H;2*1H;/q-2;;;/p-2. The van der Waals surface area contributed by atoms with E-state index in [0.717, 1.165) is 21.8 Å². The fourth-order valence-electron chi connectivity index (χ4n) is 1.68. The molecule has 2 aliphatic rings. The summed E-state index contributed by atoms with van der Waals surface area (Å²) < 4.78 is 0. The fraction of sp³-hybridized carbons (Fsp3) is 0. The van der Waals surface area contributed by atoms with Crippen molar-refractivity contribution in [2.24, 2.45) is 0 Å². The van der Waals surface area contributed by atoms with Crippen LogP contribution in [-0.4, -0.2) is 0 Å². The molecule has 1 aromatic carbocycles. The first-order valence-electron chi connectivity index (χ1n) is 4.53. The van der Waals surface area contributed by atoms with Gasteiger partial charge in [-0.3, -0.25) is 0 Å². The van der Waals surface area contributed by atoms with Gasteiger partial charge in [-0.15, -0.1) is 11.4 Å². The molecule has 0 bridgehead atoms. The quantitative estimate of drug-likeness (QED) is 0.403. The summed E-state index contributed by atoms with van der Waals surface area (Å²) in [6.07, 6.45) is 11.6. The summed E-state index contributed by atoms with van der Waals surface area (Å²) >= 11 is 0. The number of hydrogen-bond donors (Lipinski definition) is 0. The Morgan fingerprint density at radius 2 is 1.12 bits per heavy atom. The van der Waals surface area contributed by atoms with Crippen LogP contribution in [0.4, 0.5) is 11.4 Å². The zero-order valence-corrected chi connectivity index (χ0v) is 12.7. The van der Waals surface area contributed by atoms with E-state index in [1.54, 1.807) is 12.4 Å². The van der Waals surface area contributed by atoms with Crippen LogP contribution in [0.2, 0.25) is 0 Å². The van der Waals surface area contributed by atoms with Gasteiger partial charge in [0, 0.05) is 16.5 Å². The number of fused-ring (bicyclic) bond motifs is 3. The summed E-state index contributed by atoms with van der Waals surface area (Å²) in [5.41, 5.74) is 1.95. The molecule has 3 rings (SSSR count). The van der Waals surface area contributed by atoms with Crippen molar-refractivity contribution in [3.8, 4) is 0 Å². The first-order chi connectivity index (χ1) is 6.95. The van der Waals surface area contributed by atoms with Crippen molar-refractivity contribution in [2.75, 3.05) is 0 Å². The van der Waals surface area contributed by atoms with E-state index in [2.05, 4.69) is 34.9 Å². The molecule has 94 valence electrons. The van der Waals surface area contributed by atoms with E-state index < -0.39 is 0 Å². The molecular weight excluding hydrogens is 391 g/mol. The first kappa shape index (κ1) is 16.5. The molecule has 0 amide bonds. The van der Waals surface area contributed by atoms with E-state index >= 15 is 0 Å². The van der Waals surface area contributed by atoms with E-state index in [1.807, 2.05) is 12.2 Å². The number of halogens is 2. The second kappa shape index (κ2) is 7.05. The van der Waals surface area contributed by atoms with Gasteiger partial charge in [0.1, 0.15) is 0 Å². The van der Waals surface area contributed by atoms with Crippen LogP contribution in [0.3, 0.4) is 0 Å². The van der Waals surface area contributed by atoms with E-state index in [-0.39, 0.29) is 50.5 Å². The summed E-state index contributed by atoms with van der Waals surface area (Å²) in [6, 6.07) is 4.15. The van der Waals surface area contributed by atoms with E-state index in [9.17, 15) is 0 Å². The van der Waals surface area contributed by atoms with Gasteiger partial charge in [-0.1, -0.05) is 36.4 Å². The monoisotopic (exact) mass is 396 g/mol. The predicted octanol–water partition coefficient (Wildman–Crippen LogP) is -3.68. The van der Waals surface area contributed by atoms with Gasteiger partial charge in [0.25, 0.3) is 0 Å².